The molecule has 1 aromatic rings. The van der Waals surface area contributed by atoms with Crippen molar-refractivity contribution in [3.8, 4) is 0 Å². The Kier molecular flexibility index (Phi) is 6.73. The van der Waals surface area contributed by atoms with Crippen LogP contribution in [0.2, 0.25) is 0 Å². The molecule has 0 spiro atoms. The molecule has 2 aliphatic rings. The van der Waals surface area contributed by atoms with Gasteiger partial charge in [-0.25, -0.2) is 4.79 Å². The van der Waals surface area contributed by atoms with E-state index in [-0.39, 0.29) is 6.09 Å². The molecule has 1 amide bonds. The van der Waals surface area contributed by atoms with E-state index < -0.39 is 5.60 Å². The number of rotatable bonds is 5. The molecule has 0 radical (unpaired) electrons. The molecule has 154 valence electrons. The van der Waals surface area contributed by atoms with Gasteiger partial charge < -0.3 is 19.6 Å². The van der Waals surface area contributed by atoms with E-state index in [0.29, 0.717) is 30.9 Å². The maximum atomic E-state index is 11.8. The van der Waals surface area contributed by atoms with Gasteiger partial charge in [-0.3, -0.25) is 4.79 Å². The Hall–Kier alpha value is -1.92. The molecule has 0 atom stereocenters. The summed E-state index contributed by atoms with van der Waals surface area (Å²) >= 11 is 0. The lowest BCUT2D eigenvalue weighted by Crippen LogP contribution is -2.46. The number of aryl methyl sites for hydroxylation is 1. The fourth-order valence-electron chi connectivity index (χ4n) is 4.43. The second kappa shape index (κ2) is 9.05. The van der Waals surface area contributed by atoms with Gasteiger partial charge in [-0.05, 0) is 51.0 Å². The normalized spacial score (nSPS) is 20.8. The maximum absolute atomic E-state index is 11.8. The summed E-state index contributed by atoms with van der Waals surface area (Å²) in [6.07, 6.45) is 3.90. The molecule has 0 bridgehead atoms. The van der Waals surface area contributed by atoms with E-state index in [1.54, 1.807) is 11.0 Å². The van der Waals surface area contributed by atoms with Crippen molar-refractivity contribution in [3.05, 3.63) is 34.9 Å². The van der Waals surface area contributed by atoms with E-state index in [0.717, 1.165) is 63.0 Å². The van der Waals surface area contributed by atoms with Crippen LogP contribution in [0.25, 0.3) is 0 Å². The molecule has 1 aromatic carbocycles. The highest BCUT2D eigenvalue weighted by Gasteiger charge is 2.36. The molecule has 2 saturated heterocycles. The molecule has 0 unspecified atom stereocenters. The van der Waals surface area contributed by atoms with Crippen LogP contribution in [0.15, 0.2) is 18.2 Å². The minimum atomic E-state index is -0.925. The van der Waals surface area contributed by atoms with E-state index >= 15 is 0 Å². The summed E-state index contributed by atoms with van der Waals surface area (Å²) in [5, 5.41) is 11.2. The summed E-state index contributed by atoms with van der Waals surface area (Å²) in [6.45, 7) is 8.39. The predicted octanol–water partition coefficient (Wildman–Crippen LogP) is 2.96. The summed E-state index contributed by atoms with van der Waals surface area (Å²) in [5.41, 5.74) is 1.49. The van der Waals surface area contributed by atoms with Crippen molar-refractivity contribution in [1.29, 1.82) is 0 Å². The number of hydrogen-bond acceptors (Lipinski definition) is 5. The van der Waals surface area contributed by atoms with E-state index in [1.807, 2.05) is 26.0 Å². The molecular formula is C22H32N2O4. The second-order valence-electron chi connectivity index (χ2n) is 8.17. The van der Waals surface area contributed by atoms with E-state index in [9.17, 15) is 14.7 Å². The summed E-state index contributed by atoms with van der Waals surface area (Å²) in [5.74, 6) is 0.571. The number of carbonyl (C=O) groups excluding carboxylic acids is 2. The number of nitrogens with zero attached hydrogens (tertiary/aromatic N) is 2. The summed E-state index contributed by atoms with van der Waals surface area (Å²) in [7, 11) is 0. The third-order valence-corrected chi connectivity index (χ3v) is 6.18. The zero-order valence-corrected chi connectivity index (χ0v) is 17.0. The Morgan fingerprint density at radius 2 is 1.93 bits per heavy atom. The lowest BCUT2D eigenvalue weighted by molar-refractivity contribution is -0.0310. The number of likely N-dealkylation sites (tertiary alicyclic amines) is 2. The van der Waals surface area contributed by atoms with Crippen LogP contribution in [0.5, 0.6) is 0 Å². The monoisotopic (exact) mass is 388 g/mol. The van der Waals surface area contributed by atoms with Gasteiger partial charge in [-0.2, -0.15) is 0 Å². The van der Waals surface area contributed by atoms with Crippen LogP contribution in [-0.4, -0.2) is 66.6 Å². The van der Waals surface area contributed by atoms with Crippen molar-refractivity contribution in [3.63, 3.8) is 0 Å². The van der Waals surface area contributed by atoms with Crippen molar-refractivity contribution >= 4 is 12.4 Å². The molecule has 0 aromatic heterocycles. The van der Waals surface area contributed by atoms with E-state index in [2.05, 4.69) is 4.90 Å². The number of hydrogen-bond donors (Lipinski definition) is 1. The quantitative estimate of drug-likeness (QED) is 0.786. The van der Waals surface area contributed by atoms with Crippen LogP contribution in [-0.2, 0) is 10.3 Å². The van der Waals surface area contributed by atoms with Crippen LogP contribution < -0.4 is 0 Å². The minimum absolute atomic E-state index is 0.201. The van der Waals surface area contributed by atoms with Crippen LogP contribution in [0, 0.1) is 12.8 Å². The van der Waals surface area contributed by atoms with Gasteiger partial charge in [0.05, 0.1) is 12.2 Å². The largest absolute Gasteiger partial charge is 0.450 e. The first kappa shape index (κ1) is 20.8. The maximum Gasteiger partial charge on any atom is 0.409 e. The second-order valence-corrected chi connectivity index (χ2v) is 8.17. The number of amides is 1. The fraction of sp³-hybridized carbons (Fsp3) is 0.636. The first-order valence-corrected chi connectivity index (χ1v) is 10.4. The molecular weight excluding hydrogens is 356 g/mol. The summed E-state index contributed by atoms with van der Waals surface area (Å²) in [6, 6.07) is 5.66. The van der Waals surface area contributed by atoms with Gasteiger partial charge in [0, 0.05) is 38.3 Å². The third-order valence-electron chi connectivity index (χ3n) is 6.18. The minimum Gasteiger partial charge on any atom is -0.450 e. The van der Waals surface area contributed by atoms with Crippen molar-refractivity contribution in [2.24, 2.45) is 5.92 Å². The van der Waals surface area contributed by atoms with E-state index in [1.165, 1.54) is 0 Å². The van der Waals surface area contributed by atoms with Crippen molar-refractivity contribution < 1.29 is 19.4 Å². The molecule has 2 aliphatic heterocycles. The number of aliphatic hydroxyl groups is 1. The molecule has 0 saturated carbocycles. The van der Waals surface area contributed by atoms with Gasteiger partial charge in [0.25, 0.3) is 0 Å². The van der Waals surface area contributed by atoms with Crippen molar-refractivity contribution in [2.75, 3.05) is 39.3 Å². The Balaban J connectivity index is 1.52. The lowest BCUT2D eigenvalue weighted by Gasteiger charge is -2.41. The number of carbonyl (C=O) groups is 2. The SMILES string of the molecule is CCOC(=O)N1CCC(CN2CCC(O)(c3cc(C)ccc3C=O)CC2)CC1. The molecule has 1 N–H and O–H groups in total. The van der Waals surface area contributed by atoms with Gasteiger partial charge in [0.1, 0.15) is 6.29 Å². The summed E-state index contributed by atoms with van der Waals surface area (Å²) in [4.78, 5) is 27.4. The van der Waals surface area contributed by atoms with E-state index in [4.69, 9.17) is 4.74 Å². The predicted molar refractivity (Wildman–Crippen MR) is 107 cm³/mol. The Morgan fingerprint density at radius 1 is 1.25 bits per heavy atom. The third kappa shape index (κ3) is 4.73. The zero-order valence-electron chi connectivity index (χ0n) is 17.0. The van der Waals surface area contributed by atoms with Gasteiger partial charge in [0.2, 0.25) is 0 Å². The number of aldehydes is 1. The molecule has 6 nitrogen and oxygen atoms in total. The molecule has 28 heavy (non-hydrogen) atoms. The molecule has 2 heterocycles. The molecule has 2 fully saturated rings. The average molecular weight is 389 g/mol. The van der Waals surface area contributed by atoms with Crippen molar-refractivity contribution in [2.45, 2.75) is 45.1 Å². The Bertz CT molecular complexity index is 690. The molecule has 3 rings (SSSR count). The summed E-state index contributed by atoms with van der Waals surface area (Å²) < 4.78 is 5.08. The first-order chi connectivity index (χ1) is 13.4. The van der Waals surface area contributed by atoms with Crippen LogP contribution in [0.4, 0.5) is 4.79 Å². The molecule has 0 aliphatic carbocycles. The first-order valence-electron chi connectivity index (χ1n) is 10.4. The lowest BCUT2D eigenvalue weighted by atomic mass is 9.81. The Morgan fingerprint density at radius 3 is 2.54 bits per heavy atom. The number of benzene rings is 1. The van der Waals surface area contributed by atoms with Crippen LogP contribution >= 0.6 is 0 Å². The zero-order chi connectivity index (χ0) is 20.1. The van der Waals surface area contributed by atoms with Gasteiger partial charge in [-0.15, -0.1) is 0 Å². The topological polar surface area (TPSA) is 70.1 Å². The van der Waals surface area contributed by atoms with Crippen molar-refractivity contribution in [1.82, 2.24) is 9.80 Å². The highest BCUT2D eigenvalue weighted by molar-refractivity contribution is 5.78. The average Bonchev–Trinajstić information content (AvgIpc) is 2.70. The highest BCUT2D eigenvalue weighted by Crippen LogP contribution is 2.35. The van der Waals surface area contributed by atoms with Crippen LogP contribution in [0.1, 0.15) is 54.1 Å². The van der Waals surface area contributed by atoms with Gasteiger partial charge in [0.15, 0.2) is 0 Å². The van der Waals surface area contributed by atoms with Gasteiger partial charge in [-0.1, -0.05) is 23.8 Å². The smallest absolute Gasteiger partial charge is 0.409 e. The fourth-order valence-corrected chi connectivity index (χ4v) is 4.43. The number of piperidine rings is 2. The standard InChI is InChI=1S/C22H32N2O4/c1-3-28-21(26)24-10-6-18(7-11-24)15-23-12-8-22(27,9-13-23)20-14-17(2)4-5-19(20)16-25/h4-5,14,16,18,27H,3,6-13,15H2,1-2H3. The van der Waals surface area contributed by atoms with Gasteiger partial charge >= 0.3 is 6.09 Å². The molecule has 6 heteroatoms. The Labute approximate surface area is 167 Å². The van der Waals surface area contributed by atoms with Crippen LogP contribution in [0.3, 0.4) is 0 Å². The highest BCUT2D eigenvalue weighted by atomic mass is 16.6. The number of ether oxygens (including phenoxy) is 1.